The summed E-state index contributed by atoms with van der Waals surface area (Å²) in [7, 11) is 0. The smallest absolute Gasteiger partial charge is 0.185 e. The fraction of sp³-hybridized carbons (Fsp3) is 0.357. The molecule has 19 heavy (non-hydrogen) atoms. The normalized spacial score (nSPS) is 15.8. The molecule has 0 radical (unpaired) electrons. The third kappa shape index (κ3) is 2.51. The van der Waals surface area contributed by atoms with E-state index >= 15 is 0 Å². The molecule has 100 valence electrons. The van der Waals surface area contributed by atoms with Gasteiger partial charge in [0, 0.05) is 49.1 Å². The van der Waals surface area contributed by atoms with Crippen molar-refractivity contribution in [3.63, 3.8) is 0 Å². The number of aromatic nitrogens is 1. The number of nitrogen functional groups attached to an aromatic ring is 1. The molecule has 2 N–H and O–H groups in total. The number of hydrogen-bond donors (Lipinski definition) is 1. The Kier molecular flexibility index (Phi) is 3.29. The first-order valence-corrected chi connectivity index (χ1v) is 7.37. The van der Waals surface area contributed by atoms with Crippen molar-refractivity contribution in [3.05, 3.63) is 35.3 Å². The van der Waals surface area contributed by atoms with Crippen LogP contribution >= 0.6 is 11.3 Å². The van der Waals surface area contributed by atoms with Crippen LogP contribution in [0.3, 0.4) is 0 Å². The number of thiazole rings is 1. The van der Waals surface area contributed by atoms with Gasteiger partial charge in [0.05, 0.1) is 0 Å². The summed E-state index contributed by atoms with van der Waals surface area (Å²) in [4.78, 5) is 9.14. The van der Waals surface area contributed by atoms with Crippen LogP contribution in [0.15, 0.2) is 29.8 Å². The lowest BCUT2D eigenvalue weighted by Gasteiger charge is -2.36. The van der Waals surface area contributed by atoms with Crippen molar-refractivity contribution in [2.75, 3.05) is 41.7 Å². The van der Waals surface area contributed by atoms with E-state index in [9.17, 15) is 0 Å². The molecule has 2 heterocycles. The molecule has 1 fully saturated rings. The van der Waals surface area contributed by atoms with Gasteiger partial charge in [-0.25, -0.2) is 4.98 Å². The van der Waals surface area contributed by atoms with Crippen LogP contribution in [0.5, 0.6) is 0 Å². The zero-order valence-corrected chi connectivity index (χ0v) is 11.9. The summed E-state index contributed by atoms with van der Waals surface area (Å²) < 4.78 is 0. The highest BCUT2D eigenvalue weighted by molar-refractivity contribution is 7.13. The van der Waals surface area contributed by atoms with E-state index in [0.717, 1.165) is 42.6 Å². The number of rotatable bonds is 2. The second-order valence-corrected chi connectivity index (χ2v) is 5.70. The van der Waals surface area contributed by atoms with Gasteiger partial charge in [-0.15, -0.1) is 11.3 Å². The average molecular weight is 274 g/mol. The van der Waals surface area contributed by atoms with Gasteiger partial charge >= 0.3 is 0 Å². The van der Waals surface area contributed by atoms with Gasteiger partial charge in [-0.2, -0.15) is 0 Å². The summed E-state index contributed by atoms with van der Waals surface area (Å²) in [5.41, 5.74) is 9.16. The molecule has 2 aromatic rings. The molecule has 0 saturated carbocycles. The van der Waals surface area contributed by atoms with Crippen LogP contribution in [0.25, 0.3) is 0 Å². The predicted octanol–water partition coefficient (Wildman–Crippen LogP) is 2.36. The van der Waals surface area contributed by atoms with Gasteiger partial charge in [0.1, 0.15) is 0 Å². The highest BCUT2D eigenvalue weighted by Crippen LogP contribution is 2.24. The lowest BCUT2D eigenvalue weighted by molar-refractivity contribution is 0.652. The van der Waals surface area contributed by atoms with Gasteiger partial charge in [0.15, 0.2) is 5.13 Å². The molecule has 0 aliphatic carbocycles. The average Bonchev–Trinajstić information content (AvgIpc) is 2.96. The Morgan fingerprint density at radius 2 is 1.89 bits per heavy atom. The Morgan fingerprint density at radius 3 is 2.53 bits per heavy atom. The Bertz CT molecular complexity index is 545. The molecule has 5 heteroatoms. The van der Waals surface area contributed by atoms with Crippen LogP contribution < -0.4 is 15.5 Å². The van der Waals surface area contributed by atoms with Gasteiger partial charge in [0.25, 0.3) is 0 Å². The number of aryl methyl sites for hydroxylation is 1. The maximum absolute atomic E-state index is 5.87. The Labute approximate surface area is 117 Å². The van der Waals surface area contributed by atoms with Crippen molar-refractivity contribution in [2.45, 2.75) is 6.92 Å². The van der Waals surface area contributed by atoms with Crippen molar-refractivity contribution in [1.82, 2.24) is 4.98 Å². The van der Waals surface area contributed by atoms with Crippen LogP contribution in [0.4, 0.5) is 16.5 Å². The van der Waals surface area contributed by atoms with Crippen LogP contribution in [0.1, 0.15) is 5.56 Å². The minimum absolute atomic E-state index is 0.866. The highest BCUT2D eigenvalue weighted by Gasteiger charge is 2.18. The van der Waals surface area contributed by atoms with E-state index < -0.39 is 0 Å². The minimum Gasteiger partial charge on any atom is -0.399 e. The molecule has 0 atom stereocenters. The van der Waals surface area contributed by atoms with E-state index in [2.05, 4.69) is 33.8 Å². The largest absolute Gasteiger partial charge is 0.399 e. The van der Waals surface area contributed by atoms with Crippen molar-refractivity contribution >= 4 is 27.8 Å². The standard InChI is InChI=1S/C14H18N4S/c1-11-10-12(2-3-13(11)15)17-5-7-18(8-6-17)14-16-4-9-19-14/h2-4,9-10H,5-8,15H2,1H3. The molecular formula is C14H18N4S. The third-order valence-electron chi connectivity index (χ3n) is 3.59. The van der Waals surface area contributed by atoms with E-state index in [-0.39, 0.29) is 0 Å². The lowest BCUT2D eigenvalue weighted by atomic mass is 10.1. The SMILES string of the molecule is Cc1cc(N2CCN(c3nccs3)CC2)ccc1N. The number of nitrogens with two attached hydrogens (primary N) is 1. The van der Waals surface area contributed by atoms with Crippen LogP contribution in [0.2, 0.25) is 0 Å². The molecule has 1 saturated heterocycles. The third-order valence-corrected chi connectivity index (χ3v) is 4.42. The number of nitrogens with zero attached hydrogens (tertiary/aromatic N) is 3. The second-order valence-electron chi connectivity index (χ2n) is 4.83. The van der Waals surface area contributed by atoms with Crippen molar-refractivity contribution < 1.29 is 0 Å². The Balaban J connectivity index is 1.68. The summed E-state index contributed by atoms with van der Waals surface area (Å²) in [5.74, 6) is 0. The Morgan fingerprint density at radius 1 is 1.16 bits per heavy atom. The zero-order chi connectivity index (χ0) is 13.2. The number of piperazine rings is 1. The van der Waals surface area contributed by atoms with E-state index in [1.807, 2.05) is 17.6 Å². The fourth-order valence-electron chi connectivity index (χ4n) is 2.38. The molecule has 1 aliphatic rings. The maximum Gasteiger partial charge on any atom is 0.185 e. The van der Waals surface area contributed by atoms with Gasteiger partial charge in [0.2, 0.25) is 0 Å². The number of hydrogen-bond acceptors (Lipinski definition) is 5. The van der Waals surface area contributed by atoms with E-state index in [1.165, 1.54) is 5.69 Å². The van der Waals surface area contributed by atoms with Crippen LogP contribution in [0, 0.1) is 6.92 Å². The topological polar surface area (TPSA) is 45.4 Å². The van der Waals surface area contributed by atoms with Gasteiger partial charge < -0.3 is 15.5 Å². The molecule has 4 nitrogen and oxygen atoms in total. The summed E-state index contributed by atoms with van der Waals surface area (Å²) in [6.07, 6.45) is 1.87. The number of benzene rings is 1. The summed E-state index contributed by atoms with van der Waals surface area (Å²) >= 11 is 1.71. The van der Waals surface area contributed by atoms with Gasteiger partial charge in [-0.3, -0.25) is 0 Å². The summed E-state index contributed by atoms with van der Waals surface area (Å²) in [5, 5.41) is 3.17. The van der Waals surface area contributed by atoms with E-state index in [4.69, 9.17) is 5.73 Å². The second kappa shape index (κ2) is 5.09. The van der Waals surface area contributed by atoms with E-state index in [0.29, 0.717) is 0 Å². The van der Waals surface area contributed by atoms with Crippen molar-refractivity contribution in [1.29, 1.82) is 0 Å². The molecule has 1 aliphatic heterocycles. The molecule has 0 bridgehead atoms. The molecule has 0 spiro atoms. The fourth-order valence-corrected chi connectivity index (χ4v) is 3.08. The lowest BCUT2D eigenvalue weighted by Crippen LogP contribution is -2.46. The maximum atomic E-state index is 5.87. The first-order valence-electron chi connectivity index (χ1n) is 6.49. The molecule has 0 amide bonds. The van der Waals surface area contributed by atoms with Crippen LogP contribution in [-0.2, 0) is 0 Å². The molecule has 1 aromatic carbocycles. The van der Waals surface area contributed by atoms with Gasteiger partial charge in [-0.1, -0.05) is 0 Å². The molecule has 3 rings (SSSR count). The Hall–Kier alpha value is -1.75. The zero-order valence-electron chi connectivity index (χ0n) is 11.0. The predicted molar refractivity (Wildman–Crippen MR) is 82.1 cm³/mol. The van der Waals surface area contributed by atoms with Crippen molar-refractivity contribution in [3.8, 4) is 0 Å². The molecule has 0 unspecified atom stereocenters. The van der Waals surface area contributed by atoms with Crippen molar-refractivity contribution in [2.24, 2.45) is 0 Å². The van der Waals surface area contributed by atoms with E-state index in [1.54, 1.807) is 11.3 Å². The molecule has 1 aromatic heterocycles. The first kappa shape index (κ1) is 12.3. The monoisotopic (exact) mass is 274 g/mol. The van der Waals surface area contributed by atoms with Gasteiger partial charge in [-0.05, 0) is 30.7 Å². The highest BCUT2D eigenvalue weighted by atomic mass is 32.1. The minimum atomic E-state index is 0.866. The quantitative estimate of drug-likeness (QED) is 0.854. The number of anilines is 3. The molecular weight excluding hydrogens is 256 g/mol. The summed E-state index contributed by atoms with van der Waals surface area (Å²) in [6.45, 7) is 6.17. The van der Waals surface area contributed by atoms with Crippen LogP contribution in [-0.4, -0.2) is 31.2 Å². The summed E-state index contributed by atoms with van der Waals surface area (Å²) in [6, 6.07) is 6.29. The first-order chi connectivity index (χ1) is 9.24.